The van der Waals surface area contributed by atoms with Crippen molar-refractivity contribution in [3.63, 3.8) is 0 Å². The average Bonchev–Trinajstić information content (AvgIpc) is 2.41. The number of benzene rings is 1. The Bertz CT molecular complexity index is 494. The Morgan fingerprint density at radius 3 is 2.84 bits per heavy atom. The molecule has 0 heterocycles. The number of rotatable bonds is 3. The number of hydrogen-bond donors (Lipinski definition) is 2. The van der Waals surface area contributed by atoms with Gasteiger partial charge in [0.2, 0.25) is 5.91 Å². The summed E-state index contributed by atoms with van der Waals surface area (Å²) in [6.07, 6.45) is 3.03. The first kappa shape index (κ1) is 14.3. The minimum atomic E-state index is -0.988. The molecule has 1 aromatic carbocycles. The number of amides is 1. The number of carbonyl (C=O) groups excluding carboxylic acids is 1. The predicted molar refractivity (Wildman–Crippen MR) is 71.3 cm³/mol. The number of halogens is 2. The first-order valence-electron chi connectivity index (χ1n) is 6.38. The molecule has 1 aromatic rings. The van der Waals surface area contributed by atoms with Crippen LogP contribution in [-0.2, 0) is 10.2 Å². The van der Waals surface area contributed by atoms with Crippen molar-refractivity contribution in [2.75, 3.05) is 6.61 Å². The summed E-state index contributed by atoms with van der Waals surface area (Å²) < 4.78 is 13.7. The van der Waals surface area contributed by atoms with E-state index in [1.807, 2.05) is 0 Å². The van der Waals surface area contributed by atoms with Crippen molar-refractivity contribution >= 4 is 17.5 Å². The van der Waals surface area contributed by atoms with Gasteiger partial charge >= 0.3 is 0 Å². The van der Waals surface area contributed by atoms with E-state index >= 15 is 0 Å². The van der Waals surface area contributed by atoms with E-state index in [1.54, 1.807) is 6.07 Å². The zero-order valence-electron chi connectivity index (χ0n) is 10.5. The summed E-state index contributed by atoms with van der Waals surface area (Å²) in [5, 5.41) is 9.55. The van der Waals surface area contributed by atoms with Crippen LogP contribution >= 0.6 is 11.6 Å². The molecule has 1 amide bonds. The van der Waals surface area contributed by atoms with Crippen molar-refractivity contribution in [2.45, 2.75) is 31.1 Å². The summed E-state index contributed by atoms with van der Waals surface area (Å²) in [5.41, 5.74) is 5.11. The van der Waals surface area contributed by atoms with Gasteiger partial charge < -0.3 is 10.8 Å². The lowest BCUT2D eigenvalue weighted by Crippen LogP contribution is -2.50. The van der Waals surface area contributed by atoms with Gasteiger partial charge in [-0.3, -0.25) is 4.79 Å². The number of aliphatic hydroxyl groups excluding tert-OH is 1. The van der Waals surface area contributed by atoms with E-state index in [0.717, 1.165) is 12.8 Å². The van der Waals surface area contributed by atoms with Gasteiger partial charge in [0.15, 0.2) is 0 Å². The zero-order chi connectivity index (χ0) is 14.0. The molecule has 3 N–H and O–H groups in total. The maximum absolute atomic E-state index is 13.7. The normalized spacial score (nSPS) is 27.2. The molecule has 0 spiro atoms. The molecule has 1 saturated carbocycles. The second-order valence-corrected chi connectivity index (χ2v) is 5.50. The first-order valence-corrected chi connectivity index (χ1v) is 6.76. The molecule has 104 valence electrons. The van der Waals surface area contributed by atoms with Gasteiger partial charge in [0, 0.05) is 12.5 Å². The lowest BCUT2D eigenvalue weighted by Gasteiger charge is -2.41. The van der Waals surface area contributed by atoms with Crippen LogP contribution in [0.25, 0.3) is 0 Å². The maximum Gasteiger partial charge on any atom is 0.228 e. The molecule has 1 aliphatic rings. The van der Waals surface area contributed by atoms with Crippen LogP contribution in [0.5, 0.6) is 0 Å². The van der Waals surface area contributed by atoms with Gasteiger partial charge in [0.1, 0.15) is 5.82 Å². The van der Waals surface area contributed by atoms with Gasteiger partial charge in [-0.15, -0.1) is 0 Å². The molecule has 0 aliphatic heterocycles. The minimum absolute atomic E-state index is 0.0136. The second kappa shape index (κ2) is 5.47. The fourth-order valence-electron chi connectivity index (χ4n) is 3.11. The van der Waals surface area contributed by atoms with Crippen molar-refractivity contribution in [2.24, 2.45) is 11.7 Å². The monoisotopic (exact) mass is 285 g/mol. The lowest BCUT2D eigenvalue weighted by atomic mass is 9.62. The van der Waals surface area contributed by atoms with Gasteiger partial charge in [-0.2, -0.15) is 0 Å². The Hall–Kier alpha value is -1.13. The number of aliphatic hydroxyl groups is 1. The number of hydrogen-bond acceptors (Lipinski definition) is 2. The summed E-state index contributed by atoms with van der Waals surface area (Å²) in [6, 6.07) is 4.32. The molecule has 0 radical (unpaired) electrons. The SMILES string of the molecule is NC(=O)C1(c2ccc(Cl)c(F)c2)CCCCC1CO. The van der Waals surface area contributed by atoms with Crippen LogP contribution in [0.2, 0.25) is 5.02 Å². The highest BCUT2D eigenvalue weighted by Crippen LogP contribution is 2.44. The van der Waals surface area contributed by atoms with Gasteiger partial charge in [0.25, 0.3) is 0 Å². The van der Waals surface area contributed by atoms with Crippen LogP contribution in [0.4, 0.5) is 4.39 Å². The quantitative estimate of drug-likeness (QED) is 0.896. The third kappa shape index (κ3) is 2.35. The van der Waals surface area contributed by atoms with Gasteiger partial charge in [-0.25, -0.2) is 4.39 Å². The molecule has 0 saturated heterocycles. The zero-order valence-corrected chi connectivity index (χ0v) is 11.3. The number of carbonyl (C=O) groups is 1. The summed E-state index contributed by atoms with van der Waals surface area (Å²) in [6.45, 7) is -0.132. The fourth-order valence-corrected chi connectivity index (χ4v) is 3.23. The Balaban J connectivity index is 2.54. The molecule has 19 heavy (non-hydrogen) atoms. The van der Waals surface area contributed by atoms with Crippen molar-refractivity contribution in [1.82, 2.24) is 0 Å². The highest BCUT2D eigenvalue weighted by molar-refractivity contribution is 6.30. The minimum Gasteiger partial charge on any atom is -0.396 e. The Morgan fingerprint density at radius 2 is 2.26 bits per heavy atom. The van der Waals surface area contributed by atoms with Crippen molar-refractivity contribution in [1.29, 1.82) is 0 Å². The molecule has 1 fully saturated rings. The van der Waals surface area contributed by atoms with E-state index in [-0.39, 0.29) is 17.5 Å². The van der Waals surface area contributed by atoms with E-state index in [0.29, 0.717) is 18.4 Å². The third-order valence-corrected chi connectivity index (χ3v) is 4.47. The molecule has 2 rings (SSSR count). The average molecular weight is 286 g/mol. The van der Waals surface area contributed by atoms with Crippen molar-refractivity contribution in [3.8, 4) is 0 Å². The fraction of sp³-hybridized carbons (Fsp3) is 0.500. The van der Waals surface area contributed by atoms with E-state index < -0.39 is 17.1 Å². The topological polar surface area (TPSA) is 63.3 Å². The van der Waals surface area contributed by atoms with Crippen LogP contribution in [-0.4, -0.2) is 17.6 Å². The van der Waals surface area contributed by atoms with Crippen molar-refractivity contribution < 1.29 is 14.3 Å². The van der Waals surface area contributed by atoms with Crippen LogP contribution in [0.15, 0.2) is 18.2 Å². The van der Waals surface area contributed by atoms with Crippen LogP contribution < -0.4 is 5.73 Å². The molecule has 0 aromatic heterocycles. The Morgan fingerprint density at radius 1 is 1.53 bits per heavy atom. The van der Waals surface area contributed by atoms with Crippen LogP contribution in [0, 0.1) is 11.7 Å². The van der Waals surface area contributed by atoms with E-state index in [2.05, 4.69) is 0 Å². The Kier molecular flexibility index (Phi) is 4.11. The Labute approximate surface area is 116 Å². The smallest absolute Gasteiger partial charge is 0.228 e. The van der Waals surface area contributed by atoms with Crippen molar-refractivity contribution in [3.05, 3.63) is 34.6 Å². The highest BCUT2D eigenvalue weighted by atomic mass is 35.5. The lowest BCUT2D eigenvalue weighted by molar-refractivity contribution is -0.128. The second-order valence-electron chi connectivity index (χ2n) is 5.09. The van der Waals surface area contributed by atoms with E-state index in [4.69, 9.17) is 17.3 Å². The standard InChI is InChI=1S/C14H17ClFNO2/c15-11-5-4-9(7-12(11)16)14(13(17)19)6-2-1-3-10(14)8-18/h4-5,7,10,18H,1-3,6,8H2,(H2,17,19). The summed E-state index contributed by atoms with van der Waals surface area (Å²) in [7, 11) is 0. The number of nitrogens with two attached hydrogens (primary N) is 1. The summed E-state index contributed by atoms with van der Waals surface area (Å²) in [4.78, 5) is 12.0. The van der Waals surface area contributed by atoms with Crippen LogP contribution in [0.3, 0.4) is 0 Å². The molecule has 2 atom stereocenters. The maximum atomic E-state index is 13.7. The van der Waals surface area contributed by atoms with Gasteiger partial charge in [-0.1, -0.05) is 30.5 Å². The van der Waals surface area contributed by atoms with Crippen LogP contribution in [0.1, 0.15) is 31.2 Å². The number of primary amides is 1. The molecular weight excluding hydrogens is 269 g/mol. The van der Waals surface area contributed by atoms with E-state index in [1.165, 1.54) is 12.1 Å². The molecular formula is C14H17ClFNO2. The molecule has 1 aliphatic carbocycles. The van der Waals surface area contributed by atoms with Gasteiger partial charge in [0.05, 0.1) is 10.4 Å². The summed E-state index contributed by atoms with van der Waals surface area (Å²) in [5.74, 6) is -1.34. The predicted octanol–water partition coefficient (Wildman–Crippen LogP) is 2.38. The van der Waals surface area contributed by atoms with E-state index in [9.17, 15) is 14.3 Å². The summed E-state index contributed by atoms with van der Waals surface area (Å²) >= 11 is 5.67. The largest absolute Gasteiger partial charge is 0.396 e. The molecule has 3 nitrogen and oxygen atoms in total. The van der Waals surface area contributed by atoms with Gasteiger partial charge in [-0.05, 0) is 30.5 Å². The first-order chi connectivity index (χ1) is 9.02. The highest BCUT2D eigenvalue weighted by Gasteiger charge is 2.47. The molecule has 2 unspecified atom stereocenters. The molecule has 0 bridgehead atoms. The molecule has 5 heteroatoms. The third-order valence-electron chi connectivity index (χ3n) is 4.17.